The Kier molecular flexibility index (Phi) is 7.67. The number of piperidine rings is 1. The monoisotopic (exact) mass is 344 g/mol. The average molecular weight is 345 g/mol. The van der Waals surface area contributed by atoms with Gasteiger partial charge in [-0.2, -0.15) is 0 Å². The van der Waals surface area contributed by atoms with Crippen molar-refractivity contribution < 1.29 is 4.79 Å². The number of hydrogen-bond acceptors (Lipinski definition) is 2. The number of benzene rings is 1. The molecule has 1 aliphatic heterocycles. The molecule has 0 aromatic heterocycles. The second kappa shape index (κ2) is 8.76. The van der Waals surface area contributed by atoms with Gasteiger partial charge in [0.25, 0.3) is 0 Å². The molecule has 1 fully saturated rings. The van der Waals surface area contributed by atoms with Crippen LogP contribution in [-0.4, -0.2) is 25.0 Å². The summed E-state index contributed by atoms with van der Waals surface area (Å²) in [6.45, 7) is 6.08. The van der Waals surface area contributed by atoms with E-state index in [0.717, 1.165) is 44.3 Å². The molecule has 1 aromatic carbocycles. The van der Waals surface area contributed by atoms with Crippen LogP contribution in [0.2, 0.25) is 5.02 Å². The van der Waals surface area contributed by atoms with Gasteiger partial charge in [0.15, 0.2) is 0 Å². The molecule has 2 N–H and O–H groups in total. The van der Waals surface area contributed by atoms with E-state index in [-0.39, 0.29) is 24.4 Å². The van der Waals surface area contributed by atoms with Gasteiger partial charge in [0.1, 0.15) is 0 Å². The summed E-state index contributed by atoms with van der Waals surface area (Å²) >= 11 is 5.97. The lowest BCUT2D eigenvalue weighted by molar-refractivity contribution is -0.128. The molecular weight excluding hydrogens is 319 g/mol. The van der Waals surface area contributed by atoms with Gasteiger partial charge in [-0.1, -0.05) is 37.6 Å². The molecule has 0 spiro atoms. The second-order valence-corrected chi connectivity index (χ2v) is 6.25. The number of hydrogen-bond donors (Lipinski definition) is 2. The van der Waals surface area contributed by atoms with Gasteiger partial charge in [0, 0.05) is 17.6 Å². The highest BCUT2D eigenvalue weighted by Gasteiger charge is 2.37. The Morgan fingerprint density at radius 1 is 1.32 bits per heavy atom. The van der Waals surface area contributed by atoms with Crippen LogP contribution in [0.5, 0.6) is 0 Å². The molecule has 5 heteroatoms. The van der Waals surface area contributed by atoms with Gasteiger partial charge in [-0.3, -0.25) is 4.79 Å². The number of halogens is 2. The number of carbonyl (C=O) groups excluding carboxylic acids is 1. The van der Waals surface area contributed by atoms with Crippen LogP contribution in [0.25, 0.3) is 0 Å². The predicted octanol–water partition coefficient (Wildman–Crippen LogP) is 3.69. The zero-order valence-corrected chi connectivity index (χ0v) is 14.9. The molecular formula is C17H26Cl2N2O. The third kappa shape index (κ3) is 4.15. The molecule has 0 radical (unpaired) electrons. The van der Waals surface area contributed by atoms with E-state index < -0.39 is 5.41 Å². The fourth-order valence-corrected chi connectivity index (χ4v) is 3.30. The SMILES string of the molecule is CCC(CC)(C(=O)N[C@H]1CCCNC1)c1ccc(Cl)cc1.Cl. The maximum Gasteiger partial charge on any atom is 0.230 e. The quantitative estimate of drug-likeness (QED) is 0.855. The van der Waals surface area contributed by atoms with E-state index in [0.29, 0.717) is 5.02 Å². The summed E-state index contributed by atoms with van der Waals surface area (Å²) in [5, 5.41) is 7.29. The predicted molar refractivity (Wildman–Crippen MR) is 95.0 cm³/mol. The largest absolute Gasteiger partial charge is 0.351 e. The third-order valence-corrected chi connectivity index (χ3v) is 4.92. The van der Waals surface area contributed by atoms with Crippen LogP contribution in [0.15, 0.2) is 24.3 Å². The molecule has 22 heavy (non-hydrogen) atoms. The van der Waals surface area contributed by atoms with E-state index in [1.54, 1.807) is 0 Å². The van der Waals surface area contributed by atoms with Crippen LogP contribution in [0.1, 0.15) is 45.1 Å². The zero-order chi connectivity index (χ0) is 15.3. The Hall–Kier alpha value is -0.770. The number of rotatable bonds is 5. The first-order valence-electron chi connectivity index (χ1n) is 7.90. The Balaban J connectivity index is 0.00000242. The highest BCUT2D eigenvalue weighted by molar-refractivity contribution is 6.30. The average Bonchev–Trinajstić information content (AvgIpc) is 2.52. The Morgan fingerprint density at radius 2 is 1.95 bits per heavy atom. The molecule has 1 atom stereocenters. The minimum atomic E-state index is -0.456. The van der Waals surface area contributed by atoms with E-state index in [9.17, 15) is 4.79 Å². The third-order valence-electron chi connectivity index (χ3n) is 4.67. The van der Waals surface area contributed by atoms with E-state index in [4.69, 9.17) is 11.6 Å². The summed E-state index contributed by atoms with van der Waals surface area (Å²) < 4.78 is 0. The lowest BCUT2D eigenvalue weighted by Crippen LogP contribution is -2.52. The molecule has 0 saturated carbocycles. The smallest absolute Gasteiger partial charge is 0.230 e. The Labute approximate surface area is 144 Å². The minimum absolute atomic E-state index is 0. The molecule has 0 bridgehead atoms. The lowest BCUT2D eigenvalue weighted by atomic mass is 9.75. The minimum Gasteiger partial charge on any atom is -0.351 e. The van der Waals surface area contributed by atoms with Gasteiger partial charge in [-0.25, -0.2) is 0 Å². The number of carbonyl (C=O) groups is 1. The topological polar surface area (TPSA) is 41.1 Å². The standard InChI is InChI=1S/C17H25ClN2O.ClH/c1-3-17(4-2,13-7-9-14(18)10-8-13)16(21)20-15-6-5-11-19-12-15;/h7-10,15,19H,3-6,11-12H2,1-2H3,(H,20,21);1H/t15-;/m0./s1. The molecule has 1 heterocycles. The fourth-order valence-electron chi connectivity index (χ4n) is 3.18. The molecule has 2 rings (SSSR count). The molecule has 3 nitrogen and oxygen atoms in total. The van der Waals surface area contributed by atoms with Crippen LogP contribution in [0.4, 0.5) is 0 Å². The Morgan fingerprint density at radius 3 is 2.45 bits per heavy atom. The number of amides is 1. The summed E-state index contributed by atoms with van der Waals surface area (Å²) in [4.78, 5) is 12.9. The molecule has 0 aliphatic carbocycles. The van der Waals surface area contributed by atoms with E-state index in [2.05, 4.69) is 24.5 Å². The maximum atomic E-state index is 12.9. The summed E-state index contributed by atoms with van der Waals surface area (Å²) in [6, 6.07) is 7.94. The van der Waals surface area contributed by atoms with Crippen molar-refractivity contribution in [2.45, 2.75) is 51.0 Å². The zero-order valence-electron chi connectivity index (χ0n) is 13.3. The van der Waals surface area contributed by atoms with E-state index in [1.807, 2.05) is 24.3 Å². The second-order valence-electron chi connectivity index (χ2n) is 5.81. The van der Waals surface area contributed by atoms with Crippen molar-refractivity contribution in [1.29, 1.82) is 0 Å². The van der Waals surface area contributed by atoms with Gasteiger partial charge in [0.05, 0.1) is 5.41 Å². The van der Waals surface area contributed by atoms with Crippen molar-refractivity contribution in [3.8, 4) is 0 Å². The van der Waals surface area contributed by atoms with Crippen molar-refractivity contribution in [3.63, 3.8) is 0 Å². The first-order chi connectivity index (χ1) is 10.1. The lowest BCUT2D eigenvalue weighted by Gasteiger charge is -2.34. The van der Waals surface area contributed by atoms with Crippen molar-refractivity contribution in [1.82, 2.24) is 10.6 Å². The van der Waals surface area contributed by atoms with Gasteiger partial charge in [-0.15, -0.1) is 12.4 Å². The van der Waals surface area contributed by atoms with Crippen LogP contribution >= 0.6 is 24.0 Å². The van der Waals surface area contributed by atoms with Gasteiger partial charge < -0.3 is 10.6 Å². The summed E-state index contributed by atoms with van der Waals surface area (Å²) in [5.41, 5.74) is 0.598. The van der Waals surface area contributed by atoms with Gasteiger partial charge >= 0.3 is 0 Å². The summed E-state index contributed by atoms with van der Waals surface area (Å²) in [5.74, 6) is 0.142. The molecule has 1 aromatic rings. The molecule has 1 saturated heterocycles. The van der Waals surface area contributed by atoms with E-state index >= 15 is 0 Å². The van der Waals surface area contributed by atoms with Crippen molar-refractivity contribution in [2.75, 3.05) is 13.1 Å². The first kappa shape index (κ1) is 19.3. The number of nitrogens with one attached hydrogen (secondary N) is 2. The van der Waals surface area contributed by atoms with Crippen LogP contribution < -0.4 is 10.6 Å². The van der Waals surface area contributed by atoms with Crippen LogP contribution in [0, 0.1) is 0 Å². The first-order valence-corrected chi connectivity index (χ1v) is 8.28. The van der Waals surface area contributed by atoms with Gasteiger partial charge in [-0.05, 0) is 49.9 Å². The molecule has 1 aliphatic rings. The summed E-state index contributed by atoms with van der Waals surface area (Å²) in [7, 11) is 0. The van der Waals surface area contributed by atoms with Crippen molar-refractivity contribution in [3.05, 3.63) is 34.9 Å². The van der Waals surface area contributed by atoms with Crippen LogP contribution in [-0.2, 0) is 10.2 Å². The highest BCUT2D eigenvalue weighted by Crippen LogP contribution is 2.33. The van der Waals surface area contributed by atoms with Crippen molar-refractivity contribution >= 4 is 29.9 Å². The van der Waals surface area contributed by atoms with E-state index in [1.165, 1.54) is 0 Å². The van der Waals surface area contributed by atoms with Crippen LogP contribution in [0.3, 0.4) is 0 Å². The maximum absolute atomic E-state index is 12.9. The molecule has 124 valence electrons. The fraction of sp³-hybridized carbons (Fsp3) is 0.588. The molecule has 0 unspecified atom stereocenters. The van der Waals surface area contributed by atoms with Gasteiger partial charge in [0.2, 0.25) is 5.91 Å². The normalized spacial score (nSPS) is 18.4. The summed E-state index contributed by atoms with van der Waals surface area (Å²) in [6.07, 6.45) is 3.76. The Bertz CT molecular complexity index is 466. The van der Waals surface area contributed by atoms with Crippen molar-refractivity contribution in [2.24, 2.45) is 0 Å². The molecule has 1 amide bonds. The highest BCUT2D eigenvalue weighted by atomic mass is 35.5.